The van der Waals surface area contributed by atoms with Gasteiger partial charge in [0.15, 0.2) is 0 Å². The second-order valence-corrected chi connectivity index (χ2v) is 5.97. The van der Waals surface area contributed by atoms with Crippen LogP contribution in [0.3, 0.4) is 0 Å². The summed E-state index contributed by atoms with van der Waals surface area (Å²) in [4.78, 5) is 18.6. The molecule has 8 heteroatoms. The van der Waals surface area contributed by atoms with Gasteiger partial charge in [-0.25, -0.2) is 0 Å². The van der Waals surface area contributed by atoms with Crippen LogP contribution in [0.2, 0.25) is 0 Å². The summed E-state index contributed by atoms with van der Waals surface area (Å²) < 4.78 is 10.00. The highest BCUT2D eigenvalue weighted by Crippen LogP contribution is 2.52. The monoisotopic (exact) mass is 265 g/mol. The third-order valence-electron chi connectivity index (χ3n) is 1.67. The second-order valence-electron chi connectivity index (χ2n) is 4.47. The number of quaternary nitrogens is 1. The van der Waals surface area contributed by atoms with Crippen molar-refractivity contribution in [2.45, 2.75) is 6.10 Å². The van der Waals surface area contributed by atoms with Gasteiger partial charge in [-0.1, -0.05) is 0 Å². The van der Waals surface area contributed by atoms with Gasteiger partial charge in [-0.15, -0.1) is 4.52 Å². The van der Waals surface area contributed by atoms with E-state index in [1.165, 1.54) is 0 Å². The Labute approximate surface area is 96.1 Å². The van der Waals surface area contributed by atoms with Gasteiger partial charge in [0.05, 0.1) is 27.7 Å². The molecule has 16 heavy (non-hydrogen) atoms. The van der Waals surface area contributed by atoms with Gasteiger partial charge < -0.3 is 14.7 Å². The van der Waals surface area contributed by atoms with Gasteiger partial charge in [-0.05, 0) is 0 Å². The topological polar surface area (TPSA) is 99.4 Å². The van der Waals surface area contributed by atoms with Crippen molar-refractivity contribution in [3.63, 3.8) is 0 Å². The van der Waals surface area contributed by atoms with Crippen LogP contribution in [0.25, 0.3) is 0 Å². The number of aliphatic hydroxyl groups is 2. The van der Waals surface area contributed by atoms with Crippen molar-refractivity contribution >= 4 is 8.17 Å². The quantitative estimate of drug-likeness (QED) is 0.323. The molecule has 0 fully saturated rings. The standard InChI is InChI=1S/C8H22NO6P/c1-9(2,3)4-5-14-16(12,13)15-7-8(11)6-10/h8,10-13H,4-7H2,1-3H3/q+2/i10+1,11+1,12+1,13+1,14+1,15+1. The third-order valence-corrected chi connectivity index (χ3v) is 2.67. The van der Waals surface area contributed by atoms with Gasteiger partial charge in [0.2, 0.25) is 0 Å². The number of aliphatic hydroxyl groups excluding tert-OH is 2. The molecule has 0 spiro atoms. The van der Waals surface area contributed by atoms with Crippen molar-refractivity contribution in [1.29, 1.82) is 0 Å². The van der Waals surface area contributed by atoms with Crippen LogP contribution in [0.5, 0.6) is 0 Å². The highest BCUT2D eigenvalue weighted by Gasteiger charge is 2.40. The maximum Gasteiger partial charge on any atom is 0.570 e. The molecule has 0 radical (unpaired) electrons. The van der Waals surface area contributed by atoms with E-state index in [-0.39, 0.29) is 13.2 Å². The van der Waals surface area contributed by atoms with E-state index >= 15 is 0 Å². The lowest BCUT2D eigenvalue weighted by atomic mass is 10.4. The summed E-state index contributed by atoms with van der Waals surface area (Å²) in [7, 11) is 1.94. The Morgan fingerprint density at radius 1 is 1.19 bits per heavy atom. The summed E-state index contributed by atoms with van der Waals surface area (Å²) in [5.41, 5.74) is 0. The SMILES string of the molecule is C[N+](C)(C)CC[17O][P+]([17OH])([17OH])[17O]CC([17OH])C[17OH]. The van der Waals surface area contributed by atoms with Crippen molar-refractivity contribution in [3.05, 3.63) is 0 Å². The number of hydrogen-bond acceptors (Lipinski definition) is 6. The first kappa shape index (κ1) is 16.1. The molecule has 0 saturated heterocycles. The molecule has 7 nitrogen and oxygen atoms in total. The number of hydrogen-bond donors (Lipinski definition) is 4. The maximum atomic E-state index is 9.28. The first-order chi connectivity index (χ1) is 7.16. The van der Waals surface area contributed by atoms with E-state index in [1.54, 1.807) is 0 Å². The van der Waals surface area contributed by atoms with E-state index in [2.05, 4.69) is 4.52 Å². The van der Waals surface area contributed by atoms with E-state index in [4.69, 9.17) is 14.7 Å². The molecule has 1 unspecified atom stereocenters. The Bertz CT molecular complexity index is 195. The van der Waals surface area contributed by atoms with E-state index in [9.17, 15) is 9.79 Å². The lowest BCUT2D eigenvalue weighted by molar-refractivity contribution is -0.870. The molecule has 0 amide bonds. The van der Waals surface area contributed by atoms with E-state index in [0.717, 1.165) is 0 Å². The van der Waals surface area contributed by atoms with E-state index < -0.39 is 20.9 Å². The molecular weight excluding hydrogens is 243 g/mol. The Kier molecular flexibility index (Phi) is 6.84. The zero-order chi connectivity index (χ0) is 12.8. The second kappa shape index (κ2) is 6.78. The minimum Gasteiger partial charge on any atom is -0.394 e. The van der Waals surface area contributed by atoms with Crippen molar-refractivity contribution in [3.8, 4) is 0 Å². The Hall–Kier alpha value is 0.150. The van der Waals surface area contributed by atoms with Crippen LogP contribution in [0, 0.1) is 0 Å². The van der Waals surface area contributed by atoms with Gasteiger partial charge in [0.25, 0.3) is 0 Å². The van der Waals surface area contributed by atoms with Crippen LogP contribution >= 0.6 is 8.17 Å². The molecule has 0 aliphatic carbocycles. The molecule has 0 aliphatic rings. The lowest BCUT2D eigenvalue weighted by Gasteiger charge is -2.23. The van der Waals surface area contributed by atoms with Gasteiger partial charge in [0.1, 0.15) is 25.9 Å². The molecule has 98 valence electrons. The average molecular weight is 265 g/mol. The van der Waals surface area contributed by atoms with Crippen LogP contribution < -0.4 is 0 Å². The molecule has 0 saturated carbocycles. The van der Waals surface area contributed by atoms with E-state index in [0.29, 0.717) is 11.0 Å². The average Bonchev–Trinajstić information content (AvgIpc) is 2.12. The molecule has 0 bridgehead atoms. The number of rotatable bonds is 8. The van der Waals surface area contributed by atoms with Crippen LogP contribution in [0.1, 0.15) is 0 Å². The van der Waals surface area contributed by atoms with Gasteiger partial charge in [-0.2, -0.15) is 14.3 Å². The summed E-state index contributed by atoms with van der Waals surface area (Å²) in [6.07, 6.45) is -1.14. The Morgan fingerprint density at radius 3 is 2.19 bits per heavy atom. The predicted octanol–water partition coefficient (Wildman–Crippen LogP) is -1.26. The molecule has 0 aromatic heterocycles. The summed E-state index contributed by atoms with van der Waals surface area (Å²) >= 11 is 0. The Morgan fingerprint density at radius 2 is 1.75 bits per heavy atom. The number of likely N-dealkylation sites (N-methyl/N-ethyl adjacent to an activating group) is 1. The van der Waals surface area contributed by atoms with Gasteiger partial charge in [-0.3, -0.25) is 0 Å². The molecule has 0 aliphatic heterocycles. The molecule has 0 rings (SSSR count). The third kappa shape index (κ3) is 9.38. The van der Waals surface area contributed by atoms with Crippen LogP contribution in [-0.4, -0.2) is 78.1 Å². The lowest BCUT2D eigenvalue weighted by Crippen LogP contribution is -2.37. The molecule has 0 aromatic rings. The zero-order valence-electron chi connectivity index (χ0n) is 9.91. The molecule has 0 heterocycles. The first-order valence-corrected chi connectivity index (χ1v) is 6.42. The van der Waals surface area contributed by atoms with Crippen molar-refractivity contribution < 1.29 is 33.5 Å². The first-order valence-electron chi connectivity index (χ1n) is 4.89. The van der Waals surface area contributed by atoms with Crippen molar-refractivity contribution in [2.24, 2.45) is 0 Å². The highest BCUT2D eigenvalue weighted by molar-refractivity contribution is 7.54. The normalized spacial score (nSPS) is 15.2. The summed E-state index contributed by atoms with van der Waals surface area (Å²) in [6.45, 7) is -0.144. The van der Waals surface area contributed by atoms with Crippen molar-refractivity contribution in [1.82, 2.24) is 0 Å². The summed E-state index contributed by atoms with van der Waals surface area (Å²) in [5, 5.41) is 17.4. The highest BCUT2D eigenvalue weighted by atomic mass is 31.3. The molecule has 1 atom stereocenters. The summed E-state index contributed by atoms with van der Waals surface area (Å²) in [6, 6.07) is 0. The fourth-order valence-electron chi connectivity index (χ4n) is 0.707. The summed E-state index contributed by atoms with van der Waals surface area (Å²) in [5.74, 6) is 0. The molecule has 4 N–H and O–H groups in total. The molecular formula is C8H22NO6P+2. The minimum absolute atomic E-state index is 0.138. The van der Waals surface area contributed by atoms with Crippen molar-refractivity contribution in [2.75, 3.05) is 47.5 Å². The Balaban J connectivity index is 3.78. The smallest absolute Gasteiger partial charge is 0.394 e. The maximum absolute atomic E-state index is 9.28. The fourth-order valence-corrected chi connectivity index (χ4v) is 1.47. The largest absolute Gasteiger partial charge is 0.570 e. The van der Waals surface area contributed by atoms with Crippen LogP contribution in [0.15, 0.2) is 0 Å². The van der Waals surface area contributed by atoms with Gasteiger partial charge in [0, 0.05) is 0 Å². The number of nitrogens with zero attached hydrogens (tertiary/aromatic N) is 1. The predicted molar refractivity (Wildman–Crippen MR) is 59.3 cm³/mol. The molecule has 0 aromatic carbocycles. The van der Waals surface area contributed by atoms with Crippen LogP contribution in [-0.2, 0) is 9.05 Å². The van der Waals surface area contributed by atoms with E-state index in [1.807, 2.05) is 21.1 Å². The fraction of sp³-hybridized carbons (Fsp3) is 1.00. The minimum atomic E-state index is -3.88. The zero-order valence-corrected chi connectivity index (χ0v) is 10.8. The van der Waals surface area contributed by atoms with Gasteiger partial charge >= 0.3 is 8.17 Å². The van der Waals surface area contributed by atoms with Crippen LogP contribution in [0.4, 0.5) is 0 Å².